The first-order chi connectivity index (χ1) is 5.24. The van der Waals surface area contributed by atoms with Crippen molar-refractivity contribution in [1.82, 2.24) is 0 Å². The minimum absolute atomic E-state index is 0.333. The van der Waals surface area contributed by atoms with Crippen molar-refractivity contribution in [2.45, 2.75) is 13.0 Å². The molecule has 60 valence electrons. The van der Waals surface area contributed by atoms with Gasteiger partial charge in [-0.15, -0.1) is 6.42 Å². The molecule has 2 N–H and O–H groups in total. The van der Waals surface area contributed by atoms with E-state index in [1.807, 2.05) is 13.0 Å². The molecule has 0 amide bonds. The third-order valence-corrected chi connectivity index (χ3v) is 1.18. The number of methoxy groups -OCH3 is 1. The molecule has 0 bridgehead atoms. The van der Waals surface area contributed by atoms with Gasteiger partial charge in [-0.1, -0.05) is 12.0 Å². The van der Waals surface area contributed by atoms with Crippen molar-refractivity contribution in [2.24, 2.45) is 5.73 Å². The third kappa shape index (κ3) is 4.24. The molecule has 0 aromatic rings. The molecule has 1 atom stereocenters. The van der Waals surface area contributed by atoms with E-state index in [9.17, 15) is 0 Å². The van der Waals surface area contributed by atoms with Crippen molar-refractivity contribution >= 4 is 0 Å². The van der Waals surface area contributed by atoms with Crippen molar-refractivity contribution < 1.29 is 4.74 Å². The second kappa shape index (κ2) is 5.57. The Kier molecular flexibility index (Phi) is 4.97. The second-order valence-electron chi connectivity index (χ2n) is 1.95. The number of ether oxygens (including phenoxy) is 1. The molecule has 2 nitrogen and oxygen atoms in total. The molecular formula is C9H13NO. The zero-order chi connectivity index (χ0) is 8.69. The lowest BCUT2D eigenvalue weighted by Crippen LogP contribution is -2.13. The average molecular weight is 151 g/mol. The molecule has 0 radical (unpaired) electrons. The van der Waals surface area contributed by atoms with Crippen LogP contribution in [-0.4, -0.2) is 13.2 Å². The summed E-state index contributed by atoms with van der Waals surface area (Å²) in [7, 11) is 1.60. The molecule has 0 saturated heterocycles. The van der Waals surface area contributed by atoms with Crippen LogP contribution < -0.4 is 5.73 Å². The van der Waals surface area contributed by atoms with Gasteiger partial charge < -0.3 is 10.5 Å². The van der Waals surface area contributed by atoms with Gasteiger partial charge in [0.05, 0.1) is 13.2 Å². The highest BCUT2D eigenvalue weighted by Gasteiger charge is 1.89. The Hall–Kier alpha value is -1.20. The number of rotatable bonds is 3. The van der Waals surface area contributed by atoms with Crippen molar-refractivity contribution in [3.63, 3.8) is 0 Å². The molecule has 11 heavy (non-hydrogen) atoms. The normalized spacial score (nSPS) is 14.5. The fourth-order valence-electron chi connectivity index (χ4n) is 0.536. The predicted octanol–water partition coefficient (Wildman–Crippen LogP) is 1.05. The highest BCUT2D eigenvalue weighted by Crippen LogP contribution is 1.96. The summed E-state index contributed by atoms with van der Waals surface area (Å²) in [4.78, 5) is 0. The number of hydrogen-bond acceptors (Lipinski definition) is 2. The van der Waals surface area contributed by atoms with Crippen LogP contribution in [0, 0.1) is 12.3 Å². The molecule has 0 aromatic carbocycles. The van der Waals surface area contributed by atoms with Gasteiger partial charge in [0, 0.05) is 0 Å². The molecule has 0 aliphatic rings. The van der Waals surface area contributed by atoms with Crippen LogP contribution in [0.2, 0.25) is 0 Å². The minimum Gasteiger partial charge on any atom is -0.497 e. The van der Waals surface area contributed by atoms with Gasteiger partial charge in [0.1, 0.15) is 5.76 Å². The summed E-state index contributed by atoms with van der Waals surface area (Å²) >= 11 is 0. The van der Waals surface area contributed by atoms with Crippen LogP contribution in [0.15, 0.2) is 24.0 Å². The Labute approximate surface area is 67.7 Å². The van der Waals surface area contributed by atoms with Crippen LogP contribution in [-0.2, 0) is 4.74 Å². The molecule has 1 unspecified atom stereocenters. The minimum atomic E-state index is -0.333. The zero-order valence-corrected chi connectivity index (χ0v) is 6.87. The fourth-order valence-corrected chi connectivity index (χ4v) is 0.536. The van der Waals surface area contributed by atoms with E-state index in [0.717, 1.165) is 5.76 Å². The molecule has 0 aliphatic carbocycles. The first kappa shape index (κ1) is 9.80. The number of terminal acetylenes is 1. The maximum atomic E-state index is 5.42. The van der Waals surface area contributed by atoms with Gasteiger partial charge in [-0.05, 0) is 19.1 Å². The summed E-state index contributed by atoms with van der Waals surface area (Å²) in [6.45, 7) is 1.88. The summed E-state index contributed by atoms with van der Waals surface area (Å²) in [6.07, 6.45) is 10.3. The first-order valence-corrected chi connectivity index (χ1v) is 3.34. The summed E-state index contributed by atoms with van der Waals surface area (Å²) in [5, 5.41) is 0. The standard InChI is InChI=1S/C9H13NO/c1-4-8(10)6-7-9(5-2)11-3/h1,5-8H,10H2,2-3H3/b7-6-,9-5+. The number of allylic oxidation sites excluding steroid dienone is 2. The Morgan fingerprint density at radius 2 is 2.36 bits per heavy atom. The van der Waals surface area contributed by atoms with Gasteiger partial charge in [-0.2, -0.15) is 0 Å². The van der Waals surface area contributed by atoms with Gasteiger partial charge in [-0.3, -0.25) is 0 Å². The fraction of sp³-hybridized carbons (Fsp3) is 0.333. The lowest BCUT2D eigenvalue weighted by Gasteiger charge is -1.98. The summed E-state index contributed by atoms with van der Waals surface area (Å²) in [6, 6.07) is -0.333. The van der Waals surface area contributed by atoms with E-state index in [1.165, 1.54) is 0 Å². The molecule has 0 rings (SSSR count). The van der Waals surface area contributed by atoms with Crippen LogP contribution in [0.3, 0.4) is 0 Å². The van der Waals surface area contributed by atoms with E-state index in [0.29, 0.717) is 0 Å². The van der Waals surface area contributed by atoms with Gasteiger partial charge >= 0.3 is 0 Å². The highest BCUT2D eigenvalue weighted by atomic mass is 16.5. The zero-order valence-electron chi connectivity index (χ0n) is 6.87. The summed E-state index contributed by atoms with van der Waals surface area (Å²) < 4.78 is 4.94. The van der Waals surface area contributed by atoms with E-state index in [-0.39, 0.29) is 6.04 Å². The van der Waals surface area contributed by atoms with E-state index in [1.54, 1.807) is 19.3 Å². The highest BCUT2D eigenvalue weighted by molar-refractivity contribution is 5.18. The van der Waals surface area contributed by atoms with Gasteiger partial charge in [0.15, 0.2) is 0 Å². The quantitative estimate of drug-likeness (QED) is 0.372. The Morgan fingerprint density at radius 3 is 2.73 bits per heavy atom. The van der Waals surface area contributed by atoms with Crippen molar-refractivity contribution in [2.75, 3.05) is 7.11 Å². The predicted molar refractivity (Wildman–Crippen MR) is 46.7 cm³/mol. The van der Waals surface area contributed by atoms with Crippen molar-refractivity contribution in [3.8, 4) is 12.3 Å². The maximum absolute atomic E-state index is 5.42. The number of nitrogens with two attached hydrogens (primary N) is 1. The van der Waals surface area contributed by atoms with Gasteiger partial charge in [0.25, 0.3) is 0 Å². The Balaban J connectivity index is 4.03. The Morgan fingerprint density at radius 1 is 1.73 bits per heavy atom. The van der Waals surface area contributed by atoms with E-state index in [2.05, 4.69) is 5.92 Å². The lowest BCUT2D eigenvalue weighted by atomic mass is 10.3. The van der Waals surface area contributed by atoms with E-state index in [4.69, 9.17) is 16.9 Å². The van der Waals surface area contributed by atoms with Crippen LogP contribution in [0.25, 0.3) is 0 Å². The first-order valence-electron chi connectivity index (χ1n) is 3.34. The maximum Gasteiger partial charge on any atom is 0.114 e. The lowest BCUT2D eigenvalue weighted by molar-refractivity contribution is 0.306. The summed E-state index contributed by atoms with van der Waals surface area (Å²) in [5.41, 5.74) is 5.42. The molecule has 0 saturated carbocycles. The van der Waals surface area contributed by atoms with Crippen LogP contribution >= 0.6 is 0 Å². The second-order valence-corrected chi connectivity index (χ2v) is 1.95. The smallest absolute Gasteiger partial charge is 0.114 e. The van der Waals surface area contributed by atoms with E-state index >= 15 is 0 Å². The van der Waals surface area contributed by atoms with Crippen LogP contribution in [0.5, 0.6) is 0 Å². The van der Waals surface area contributed by atoms with Crippen molar-refractivity contribution in [3.05, 3.63) is 24.0 Å². The molecule has 0 heterocycles. The SMILES string of the molecule is C#CC(N)/C=C\C(=C/C)OC. The van der Waals surface area contributed by atoms with Crippen LogP contribution in [0.4, 0.5) is 0 Å². The monoisotopic (exact) mass is 151 g/mol. The average Bonchev–Trinajstić information content (AvgIpc) is 2.06. The number of hydrogen-bond donors (Lipinski definition) is 1. The molecule has 0 spiro atoms. The molecule has 0 fully saturated rings. The largest absolute Gasteiger partial charge is 0.497 e. The van der Waals surface area contributed by atoms with Crippen LogP contribution in [0.1, 0.15) is 6.92 Å². The Bertz CT molecular complexity index is 198. The molecular weight excluding hydrogens is 138 g/mol. The van der Waals surface area contributed by atoms with E-state index < -0.39 is 0 Å². The summed E-state index contributed by atoms with van der Waals surface area (Å²) in [5.74, 6) is 3.14. The molecule has 2 heteroatoms. The molecule has 0 aromatic heterocycles. The topological polar surface area (TPSA) is 35.2 Å². The third-order valence-electron chi connectivity index (χ3n) is 1.18. The molecule has 0 aliphatic heterocycles. The van der Waals surface area contributed by atoms with Crippen molar-refractivity contribution in [1.29, 1.82) is 0 Å². The van der Waals surface area contributed by atoms with Gasteiger partial charge in [-0.25, -0.2) is 0 Å². The van der Waals surface area contributed by atoms with Gasteiger partial charge in [0.2, 0.25) is 0 Å².